The zero-order valence-electron chi connectivity index (χ0n) is 22.6. The minimum absolute atomic E-state index is 0.153. The van der Waals surface area contributed by atoms with Crippen molar-refractivity contribution >= 4 is 22.9 Å². The van der Waals surface area contributed by atoms with E-state index >= 15 is 0 Å². The molecular formula is C31H35N3O5. The number of carbonyl (C=O) groups excluding carboxylic acids is 1. The van der Waals surface area contributed by atoms with Gasteiger partial charge in [0.2, 0.25) is 0 Å². The predicted molar refractivity (Wildman–Crippen MR) is 149 cm³/mol. The second-order valence-corrected chi connectivity index (χ2v) is 11.2. The van der Waals surface area contributed by atoms with E-state index in [1.807, 2.05) is 57.2 Å². The number of carboxylic acids is 1. The van der Waals surface area contributed by atoms with Crippen molar-refractivity contribution in [2.24, 2.45) is 0 Å². The van der Waals surface area contributed by atoms with E-state index in [2.05, 4.69) is 9.88 Å². The van der Waals surface area contributed by atoms with Crippen molar-refractivity contribution < 1.29 is 23.8 Å². The summed E-state index contributed by atoms with van der Waals surface area (Å²) in [6.45, 7) is 5.90. The number of hydrogen-bond donors (Lipinski definition) is 2. The number of nitrogens with zero attached hydrogens (tertiary/aromatic N) is 2. The van der Waals surface area contributed by atoms with E-state index in [0.29, 0.717) is 22.9 Å². The van der Waals surface area contributed by atoms with Gasteiger partial charge in [-0.25, -0.2) is 9.78 Å². The number of ether oxygens (including phenoxy) is 1. The van der Waals surface area contributed by atoms with Gasteiger partial charge in [0, 0.05) is 18.0 Å². The quantitative estimate of drug-likeness (QED) is 0.273. The number of aromatic nitrogens is 2. The second kappa shape index (κ2) is 11.0. The number of imidazole rings is 1. The van der Waals surface area contributed by atoms with E-state index in [1.165, 1.54) is 19.3 Å². The molecule has 1 amide bonds. The van der Waals surface area contributed by atoms with Crippen LogP contribution in [-0.4, -0.2) is 38.2 Å². The molecule has 0 spiro atoms. The Balaban J connectivity index is 1.37. The Bertz CT molecular complexity index is 1440. The standard InChI is InChI=1S/C31H35N3O5/c1-31(2,3)39-24-12-9-20(10-13-24)17-26(30(36)37)33-29(35)21-11-14-27-25(18-21)32-28(22-15-16-38-19-22)34(27)23-7-5-4-6-8-23/h9-16,18-19,23,26H,4-8,17H2,1-3H3,(H,33,35)(H,36,37)/t26-/m0/s1. The Hall–Kier alpha value is -4.07. The van der Waals surface area contributed by atoms with Crippen LogP contribution in [0.15, 0.2) is 65.5 Å². The first-order valence-corrected chi connectivity index (χ1v) is 13.5. The van der Waals surface area contributed by atoms with Crippen molar-refractivity contribution in [3.05, 3.63) is 72.2 Å². The number of carbonyl (C=O) groups is 2. The Kier molecular flexibility index (Phi) is 7.46. The number of benzene rings is 2. The van der Waals surface area contributed by atoms with E-state index in [9.17, 15) is 14.7 Å². The third-order valence-corrected chi connectivity index (χ3v) is 7.06. The number of nitrogens with one attached hydrogen (secondary N) is 1. The zero-order valence-corrected chi connectivity index (χ0v) is 22.6. The first kappa shape index (κ1) is 26.5. The topological polar surface area (TPSA) is 107 Å². The summed E-state index contributed by atoms with van der Waals surface area (Å²) in [7, 11) is 0. The number of fused-ring (bicyclic) bond motifs is 1. The Morgan fingerprint density at radius 3 is 2.49 bits per heavy atom. The molecule has 0 bridgehead atoms. The normalized spacial score (nSPS) is 15.3. The smallest absolute Gasteiger partial charge is 0.326 e. The van der Waals surface area contributed by atoms with Crippen molar-refractivity contribution in [1.82, 2.24) is 14.9 Å². The molecular weight excluding hydrogens is 494 g/mol. The third kappa shape index (κ3) is 6.16. The highest BCUT2D eigenvalue weighted by Crippen LogP contribution is 2.36. The minimum atomic E-state index is -1.09. The van der Waals surface area contributed by atoms with Crippen molar-refractivity contribution in [3.63, 3.8) is 0 Å². The summed E-state index contributed by atoms with van der Waals surface area (Å²) in [5, 5.41) is 12.5. The number of rotatable bonds is 8. The number of amides is 1. The Morgan fingerprint density at radius 2 is 1.85 bits per heavy atom. The highest BCUT2D eigenvalue weighted by atomic mass is 16.5. The maximum atomic E-state index is 13.2. The van der Waals surface area contributed by atoms with Crippen LogP contribution in [0.1, 0.15) is 74.8 Å². The number of carboxylic acid groups (broad SMARTS) is 1. The van der Waals surface area contributed by atoms with Gasteiger partial charge in [-0.15, -0.1) is 0 Å². The molecule has 1 fully saturated rings. The molecule has 5 rings (SSSR count). The Labute approximate surface area is 228 Å². The van der Waals surface area contributed by atoms with E-state index in [1.54, 1.807) is 24.7 Å². The fourth-order valence-electron chi connectivity index (χ4n) is 5.27. The lowest BCUT2D eigenvalue weighted by Crippen LogP contribution is -2.42. The van der Waals surface area contributed by atoms with Gasteiger partial charge in [-0.1, -0.05) is 31.4 Å². The second-order valence-electron chi connectivity index (χ2n) is 11.2. The summed E-state index contributed by atoms with van der Waals surface area (Å²) >= 11 is 0. The lowest BCUT2D eigenvalue weighted by molar-refractivity contribution is -0.139. The number of hydrogen-bond acceptors (Lipinski definition) is 5. The van der Waals surface area contributed by atoms with Gasteiger partial charge in [0.25, 0.3) is 5.91 Å². The molecule has 8 nitrogen and oxygen atoms in total. The van der Waals surface area contributed by atoms with E-state index < -0.39 is 17.9 Å². The number of aliphatic carboxylic acids is 1. The molecule has 2 aromatic heterocycles. The van der Waals surface area contributed by atoms with Crippen LogP contribution in [0.5, 0.6) is 5.75 Å². The van der Waals surface area contributed by atoms with E-state index in [0.717, 1.165) is 35.3 Å². The van der Waals surface area contributed by atoms with Crippen LogP contribution in [0.25, 0.3) is 22.4 Å². The van der Waals surface area contributed by atoms with Gasteiger partial charge >= 0.3 is 5.97 Å². The van der Waals surface area contributed by atoms with E-state index in [4.69, 9.17) is 14.1 Å². The summed E-state index contributed by atoms with van der Waals surface area (Å²) in [5.74, 6) is -0.0132. The van der Waals surface area contributed by atoms with Crippen LogP contribution in [-0.2, 0) is 11.2 Å². The maximum Gasteiger partial charge on any atom is 0.326 e. The first-order valence-electron chi connectivity index (χ1n) is 13.5. The third-order valence-electron chi connectivity index (χ3n) is 7.06. The van der Waals surface area contributed by atoms with Gasteiger partial charge in [-0.2, -0.15) is 0 Å². The maximum absolute atomic E-state index is 13.2. The molecule has 204 valence electrons. The molecule has 4 aromatic rings. The molecule has 2 heterocycles. The summed E-state index contributed by atoms with van der Waals surface area (Å²) in [6.07, 6.45) is 9.25. The summed E-state index contributed by atoms with van der Waals surface area (Å²) in [4.78, 5) is 30.1. The van der Waals surface area contributed by atoms with Gasteiger partial charge < -0.3 is 24.1 Å². The van der Waals surface area contributed by atoms with Gasteiger partial charge in [-0.3, -0.25) is 4.79 Å². The van der Waals surface area contributed by atoms with Crippen LogP contribution in [0.3, 0.4) is 0 Å². The molecule has 2 aromatic carbocycles. The van der Waals surface area contributed by atoms with Crippen LogP contribution in [0.4, 0.5) is 0 Å². The first-order chi connectivity index (χ1) is 18.7. The fourth-order valence-corrected chi connectivity index (χ4v) is 5.27. The Morgan fingerprint density at radius 1 is 1.10 bits per heavy atom. The zero-order chi connectivity index (χ0) is 27.6. The molecule has 1 atom stereocenters. The lowest BCUT2D eigenvalue weighted by atomic mass is 9.95. The average Bonchev–Trinajstić information content (AvgIpc) is 3.56. The molecule has 39 heavy (non-hydrogen) atoms. The lowest BCUT2D eigenvalue weighted by Gasteiger charge is -2.25. The van der Waals surface area contributed by atoms with Crippen LogP contribution < -0.4 is 10.1 Å². The monoisotopic (exact) mass is 529 g/mol. The van der Waals surface area contributed by atoms with Crippen molar-refractivity contribution in [1.29, 1.82) is 0 Å². The molecule has 0 saturated heterocycles. The van der Waals surface area contributed by atoms with Crippen LogP contribution in [0, 0.1) is 0 Å². The van der Waals surface area contributed by atoms with Gasteiger partial charge in [-0.05, 0) is 75.6 Å². The molecule has 1 aliphatic carbocycles. The molecule has 1 aliphatic rings. The number of furan rings is 1. The fraction of sp³-hybridized carbons (Fsp3) is 0.387. The molecule has 1 saturated carbocycles. The van der Waals surface area contributed by atoms with Gasteiger partial charge in [0.1, 0.15) is 29.5 Å². The summed E-state index contributed by atoms with van der Waals surface area (Å²) < 4.78 is 13.4. The van der Waals surface area contributed by atoms with Crippen LogP contribution >= 0.6 is 0 Å². The highest BCUT2D eigenvalue weighted by molar-refractivity contribution is 5.99. The van der Waals surface area contributed by atoms with Crippen molar-refractivity contribution in [2.75, 3.05) is 0 Å². The minimum Gasteiger partial charge on any atom is -0.488 e. The molecule has 0 radical (unpaired) electrons. The summed E-state index contributed by atoms with van der Waals surface area (Å²) in [6, 6.07) is 13.8. The molecule has 0 unspecified atom stereocenters. The van der Waals surface area contributed by atoms with Crippen molar-refractivity contribution in [3.8, 4) is 17.1 Å². The SMILES string of the molecule is CC(C)(C)Oc1ccc(C[C@H](NC(=O)c2ccc3c(c2)nc(-c2ccoc2)n3C2CCCCC2)C(=O)O)cc1. The average molecular weight is 530 g/mol. The largest absolute Gasteiger partial charge is 0.488 e. The molecule has 0 aliphatic heterocycles. The molecule has 2 N–H and O–H groups in total. The van der Waals surface area contributed by atoms with Gasteiger partial charge in [0.05, 0.1) is 22.9 Å². The molecule has 8 heteroatoms. The van der Waals surface area contributed by atoms with Gasteiger partial charge in [0.15, 0.2) is 0 Å². The van der Waals surface area contributed by atoms with Crippen LogP contribution in [0.2, 0.25) is 0 Å². The summed E-state index contributed by atoms with van der Waals surface area (Å²) in [5.41, 5.74) is 3.39. The highest BCUT2D eigenvalue weighted by Gasteiger charge is 2.25. The van der Waals surface area contributed by atoms with Crippen molar-refractivity contribution in [2.45, 2.75) is 77.0 Å². The predicted octanol–water partition coefficient (Wildman–Crippen LogP) is 6.40. The van der Waals surface area contributed by atoms with E-state index in [-0.39, 0.29) is 12.0 Å².